The topological polar surface area (TPSA) is 64.6 Å². The van der Waals surface area contributed by atoms with Gasteiger partial charge in [-0.15, -0.1) is 0 Å². The van der Waals surface area contributed by atoms with E-state index in [4.69, 9.17) is 9.47 Å². The van der Waals surface area contributed by atoms with Gasteiger partial charge in [-0.05, 0) is 43.3 Å². The molecule has 32 heavy (non-hydrogen) atoms. The Morgan fingerprint density at radius 3 is 2.09 bits per heavy atom. The highest BCUT2D eigenvalue weighted by Crippen LogP contribution is 2.33. The average molecular weight is 453 g/mol. The molecule has 164 valence electrons. The first-order valence-corrected chi connectivity index (χ1v) is 11.1. The highest BCUT2D eigenvalue weighted by Gasteiger charge is 2.29. The molecular weight excluding hydrogens is 429 g/mol. The molecule has 1 amide bonds. The summed E-state index contributed by atoms with van der Waals surface area (Å²) in [4.78, 5) is 26.4. The van der Waals surface area contributed by atoms with Crippen LogP contribution in [0.4, 0.5) is 9.18 Å². The molecular formula is C25H23FNO4S+. The van der Waals surface area contributed by atoms with E-state index in [0.717, 1.165) is 14.7 Å². The van der Waals surface area contributed by atoms with E-state index in [9.17, 15) is 14.0 Å². The molecule has 0 fully saturated rings. The van der Waals surface area contributed by atoms with Crippen molar-refractivity contribution in [2.75, 3.05) is 13.2 Å². The van der Waals surface area contributed by atoms with Gasteiger partial charge in [0.05, 0.1) is 17.4 Å². The quantitative estimate of drug-likeness (QED) is 0.223. The van der Waals surface area contributed by atoms with Crippen LogP contribution >= 0.6 is 0 Å². The molecule has 0 spiro atoms. The number of hydrogen-bond acceptors (Lipinski definition) is 4. The Hall–Kier alpha value is -3.58. The molecule has 0 aliphatic heterocycles. The first-order valence-electron chi connectivity index (χ1n) is 9.88. The van der Waals surface area contributed by atoms with Crippen molar-refractivity contribution in [1.82, 2.24) is 5.32 Å². The highest BCUT2D eigenvalue weighted by atomic mass is 32.2. The Morgan fingerprint density at radius 2 is 1.53 bits per heavy atom. The second-order valence-electron chi connectivity index (χ2n) is 6.76. The molecule has 3 aromatic rings. The lowest BCUT2D eigenvalue weighted by Gasteiger charge is -2.11. The molecule has 7 heteroatoms. The van der Waals surface area contributed by atoms with Gasteiger partial charge in [0.15, 0.2) is 26.3 Å². The van der Waals surface area contributed by atoms with Gasteiger partial charge in [0.1, 0.15) is 6.61 Å². The van der Waals surface area contributed by atoms with Gasteiger partial charge >= 0.3 is 12.1 Å². The number of carbonyl (C=O) groups excluding carboxylic acids is 2. The minimum Gasteiger partial charge on any atom is -0.460 e. The molecule has 0 aromatic heterocycles. The molecule has 0 bridgehead atoms. The normalized spacial score (nSPS) is 10.5. The van der Waals surface area contributed by atoms with Crippen molar-refractivity contribution < 1.29 is 23.5 Å². The summed E-state index contributed by atoms with van der Waals surface area (Å²) in [6.45, 7) is 4.98. The predicted octanol–water partition coefficient (Wildman–Crippen LogP) is 5.13. The Labute approximate surface area is 189 Å². The van der Waals surface area contributed by atoms with Gasteiger partial charge in [-0.2, -0.15) is 0 Å². The van der Waals surface area contributed by atoms with Crippen molar-refractivity contribution in [2.45, 2.75) is 21.6 Å². The van der Waals surface area contributed by atoms with E-state index in [1.807, 2.05) is 60.7 Å². The van der Waals surface area contributed by atoms with Crippen molar-refractivity contribution in [3.05, 3.63) is 96.8 Å². The molecule has 3 rings (SSSR count). The molecule has 0 atom stereocenters. The zero-order valence-electron chi connectivity index (χ0n) is 17.5. The zero-order chi connectivity index (χ0) is 22.9. The van der Waals surface area contributed by atoms with Gasteiger partial charge in [0.25, 0.3) is 0 Å². The minimum absolute atomic E-state index is 0.0254. The van der Waals surface area contributed by atoms with Crippen LogP contribution in [0, 0.1) is 5.82 Å². The lowest BCUT2D eigenvalue weighted by atomic mass is 10.3. The smallest absolute Gasteiger partial charge is 0.412 e. The van der Waals surface area contributed by atoms with Crippen LogP contribution in [0.3, 0.4) is 0 Å². The third kappa shape index (κ3) is 6.21. The van der Waals surface area contributed by atoms with Crippen molar-refractivity contribution in [3.63, 3.8) is 0 Å². The first kappa shape index (κ1) is 23.1. The summed E-state index contributed by atoms with van der Waals surface area (Å²) >= 11 is 0. The maximum absolute atomic E-state index is 14.4. The van der Waals surface area contributed by atoms with Gasteiger partial charge in [-0.1, -0.05) is 43.0 Å². The summed E-state index contributed by atoms with van der Waals surface area (Å²) < 4.78 is 24.5. The summed E-state index contributed by atoms with van der Waals surface area (Å²) in [6, 6.07) is 24.3. The fourth-order valence-corrected chi connectivity index (χ4v) is 4.87. The number of halogens is 1. The summed E-state index contributed by atoms with van der Waals surface area (Å²) in [5.41, 5.74) is 0.263. The lowest BCUT2D eigenvalue weighted by molar-refractivity contribution is -0.138. The van der Waals surface area contributed by atoms with Crippen molar-refractivity contribution in [1.29, 1.82) is 0 Å². The molecule has 0 unspecified atom stereocenters. The molecule has 5 nitrogen and oxygen atoms in total. The maximum atomic E-state index is 14.4. The van der Waals surface area contributed by atoms with E-state index < -0.39 is 28.8 Å². The number of rotatable bonds is 8. The van der Waals surface area contributed by atoms with Crippen LogP contribution in [0.5, 0.6) is 5.75 Å². The largest absolute Gasteiger partial charge is 0.460 e. The van der Waals surface area contributed by atoms with Crippen LogP contribution in [0.2, 0.25) is 0 Å². The molecule has 0 aliphatic carbocycles. The van der Waals surface area contributed by atoms with Gasteiger partial charge in [-0.25, -0.2) is 14.0 Å². The number of hydrogen-bond donors (Lipinski definition) is 1. The Kier molecular flexibility index (Phi) is 8.05. The third-order valence-corrected chi connectivity index (χ3v) is 6.46. The second kappa shape index (κ2) is 11.2. The Bertz CT molecular complexity index is 1050. The fraction of sp³-hybridized carbons (Fsp3) is 0.120. The minimum atomic E-state index is -0.841. The van der Waals surface area contributed by atoms with Crippen molar-refractivity contribution in [2.24, 2.45) is 0 Å². The number of benzene rings is 3. The Balaban J connectivity index is 1.75. The van der Waals surface area contributed by atoms with Crippen LogP contribution < -0.4 is 10.1 Å². The van der Waals surface area contributed by atoms with Crippen molar-refractivity contribution >= 4 is 23.0 Å². The molecule has 0 saturated carbocycles. The monoisotopic (exact) mass is 452 g/mol. The average Bonchev–Trinajstić information content (AvgIpc) is 2.80. The van der Waals surface area contributed by atoms with E-state index in [1.54, 1.807) is 12.1 Å². The summed E-state index contributed by atoms with van der Waals surface area (Å²) in [5, 5.41) is 2.43. The molecule has 0 aliphatic rings. The van der Waals surface area contributed by atoms with Crippen LogP contribution in [-0.4, -0.2) is 25.2 Å². The second-order valence-corrected chi connectivity index (χ2v) is 8.78. The van der Waals surface area contributed by atoms with Gasteiger partial charge < -0.3 is 14.8 Å². The van der Waals surface area contributed by atoms with Crippen molar-refractivity contribution in [3.8, 4) is 5.75 Å². The molecule has 0 saturated heterocycles. The zero-order valence-corrected chi connectivity index (χ0v) is 18.4. The third-order valence-electron chi connectivity index (χ3n) is 4.25. The number of amides is 1. The summed E-state index contributed by atoms with van der Waals surface area (Å²) in [7, 11) is -0.509. The predicted molar refractivity (Wildman–Crippen MR) is 121 cm³/mol. The first-order chi connectivity index (χ1) is 15.5. The van der Waals surface area contributed by atoms with E-state index in [2.05, 4.69) is 11.9 Å². The SMILES string of the molecule is C=C(C)C(=O)OCCNC(=O)Oc1cc([S+](c2ccccc2)c2ccccc2)ccc1F. The number of ether oxygens (including phenoxy) is 2. The number of nitrogens with one attached hydrogen (secondary N) is 1. The highest BCUT2D eigenvalue weighted by molar-refractivity contribution is 7.97. The van der Waals surface area contributed by atoms with Gasteiger partial charge in [-0.3, -0.25) is 0 Å². The van der Waals surface area contributed by atoms with Crippen LogP contribution in [0.1, 0.15) is 6.92 Å². The number of carbonyl (C=O) groups is 2. The van der Waals surface area contributed by atoms with E-state index in [0.29, 0.717) is 0 Å². The molecule has 1 N–H and O–H groups in total. The summed E-state index contributed by atoms with van der Waals surface area (Å²) in [5.74, 6) is -1.38. The van der Waals surface area contributed by atoms with Gasteiger partial charge in [0.2, 0.25) is 0 Å². The van der Waals surface area contributed by atoms with Crippen LogP contribution in [-0.2, 0) is 20.4 Å². The summed E-state index contributed by atoms with van der Waals surface area (Å²) in [6.07, 6.45) is -0.841. The Morgan fingerprint density at radius 1 is 0.938 bits per heavy atom. The van der Waals surface area contributed by atoms with Crippen LogP contribution in [0.15, 0.2) is 106 Å². The van der Waals surface area contributed by atoms with E-state index in [1.165, 1.54) is 13.0 Å². The van der Waals surface area contributed by atoms with Gasteiger partial charge in [0, 0.05) is 11.6 Å². The van der Waals surface area contributed by atoms with Crippen LogP contribution in [0.25, 0.3) is 0 Å². The molecule has 3 aromatic carbocycles. The number of esters is 1. The molecule has 0 radical (unpaired) electrons. The fourth-order valence-electron chi connectivity index (χ4n) is 2.77. The van der Waals surface area contributed by atoms with E-state index >= 15 is 0 Å². The maximum Gasteiger partial charge on any atom is 0.412 e. The van der Waals surface area contributed by atoms with E-state index in [-0.39, 0.29) is 24.5 Å². The molecule has 0 heterocycles. The lowest BCUT2D eigenvalue weighted by Crippen LogP contribution is -2.31. The standard InChI is InChI=1S/C25H22FNO4S/c1-18(2)24(28)30-16-15-27-25(29)31-23-17-21(13-14-22(23)26)32(19-9-5-3-6-10-19)20-11-7-4-8-12-20/h3-14,17H,1,15-16H2,2H3/p+1.